The maximum atomic E-state index is 12.5. The second kappa shape index (κ2) is 10.6. The van der Waals surface area contributed by atoms with Crippen LogP contribution < -0.4 is 10.0 Å². The summed E-state index contributed by atoms with van der Waals surface area (Å²) < 4.78 is 27.6. The number of nitrogens with zero attached hydrogens (tertiary/aromatic N) is 1. The monoisotopic (exact) mass is 429 g/mol. The topological polar surface area (TPSA) is 78.5 Å². The largest absolute Gasteiger partial charge is 0.352 e. The molecule has 1 heterocycles. The summed E-state index contributed by atoms with van der Waals surface area (Å²) in [5.41, 5.74) is 1.70. The minimum absolute atomic E-state index is 0.133. The molecule has 2 aromatic rings. The Morgan fingerprint density at radius 1 is 1.00 bits per heavy atom. The van der Waals surface area contributed by atoms with Gasteiger partial charge >= 0.3 is 0 Å². The molecule has 0 saturated carbocycles. The van der Waals surface area contributed by atoms with E-state index in [9.17, 15) is 13.2 Å². The lowest BCUT2D eigenvalue weighted by Gasteiger charge is -2.19. The molecule has 1 aliphatic rings. The van der Waals surface area contributed by atoms with E-state index in [1.807, 2.05) is 0 Å². The van der Waals surface area contributed by atoms with E-state index < -0.39 is 10.0 Å². The van der Waals surface area contributed by atoms with E-state index >= 15 is 0 Å². The molecule has 6 nitrogen and oxygen atoms in total. The van der Waals surface area contributed by atoms with Gasteiger partial charge in [-0.05, 0) is 81.7 Å². The number of anilines is 1. The standard InChI is InChI=1S/C23H31N3O3S/c1-19-18-20(23(27)24-14-9-17-26-15-7-2-3-8-16-26)12-13-22(19)25-30(28,29)21-10-5-4-6-11-21/h4-6,10-13,18,25H,2-3,7-9,14-17H2,1H3,(H,24,27). The Morgan fingerprint density at radius 2 is 1.70 bits per heavy atom. The first-order valence-electron chi connectivity index (χ1n) is 10.6. The molecule has 0 aromatic heterocycles. The highest BCUT2D eigenvalue weighted by molar-refractivity contribution is 7.92. The van der Waals surface area contributed by atoms with Gasteiger partial charge in [0.1, 0.15) is 0 Å². The molecule has 30 heavy (non-hydrogen) atoms. The van der Waals surface area contributed by atoms with Crippen LogP contribution in [0.3, 0.4) is 0 Å². The highest BCUT2D eigenvalue weighted by Crippen LogP contribution is 2.21. The lowest BCUT2D eigenvalue weighted by Crippen LogP contribution is -2.30. The van der Waals surface area contributed by atoms with Crippen molar-refractivity contribution in [2.45, 2.75) is 43.9 Å². The van der Waals surface area contributed by atoms with E-state index in [1.54, 1.807) is 55.5 Å². The zero-order valence-corrected chi connectivity index (χ0v) is 18.4. The van der Waals surface area contributed by atoms with Crippen molar-refractivity contribution < 1.29 is 13.2 Å². The Kier molecular flexibility index (Phi) is 7.87. The summed E-state index contributed by atoms with van der Waals surface area (Å²) in [5, 5.41) is 2.97. The van der Waals surface area contributed by atoms with Crippen LogP contribution in [0.15, 0.2) is 53.4 Å². The maximum absolute atomic E-state index is 12.5. The molecule has 3 rings (SSSR count). The number of hydrogen-bond acceptors (Lipinski definition) is 4. The van der Waals surface area contributed by atoms with Crippen LogP contribution in [0.25, 0.3) is 0 Å². The number of carbonyl (C=O) groups excluding carboxylic acids is 1. The van der Waals surface area contributed by atoms with Gasteiger partial charge in [0.25, 0.3) is 15.9 Å². The van der Waals surface area contributed by atoms with Crippen molar-refractivity contribution in [3.8, 4) is 0 Å². The molecule has 7 heteroatoms. The predicted octanol–water partition coefficient (Wildman–Crippen LogP) is 3.79. The van der Waals surface area contributed by atoms with E-state index in [2.05, 4.69) is 14.9 Å². The van der Waals surface area contributed by atoms with Gasteiger partial charge in [0.2, 0.25) is 0 Å². The molecule has 0 unspecified atom stereocenters. The van der Waals surface area contributed by atoms with Crippen LogP contribution in [-0.2, 0) is 10.0 Å². The fourth-order valence-corrected chi connectivity index (χ4v) is 4.84. The van der Waals surface area contributed by atoms with Crippen molar-refractivity contribution in [3.05, 3.63) is 59.7 Å². The fourth-order valence-electron chi connectivity index (χ4n) is 3.69. The summed E-state index contributed by atoms with van der Waals surface area (Å²) >= 11 is 0. The van der Waals surface area contributed by atoms with Crippen molar-refractivity contribution in [2.24, 2.45) is 0 Å². The van der Waals surface area contributed by atoms with Gasteiger partial charge in [-0.25, -0.2) is 8.42 Å². The number of rotatable bonds is 8. The number of carbonyl (C=O) groups is 1. The Morgan fingerprint density at radius 3 is 2.37 bits per heavy atom. The zero-order valence-electron chi connectivity index (χ0n) is 17.6. The molecule has 2 aromatic carbocycles. The van der Waals surface area contributed by atoms with Gasteiger partial charge in [0, 0.05) is 12.1 Å². The number of aryl methyl sites for hydroxylation is 1. The van der Waals surface area contributed by atoms with Crippen molar-refractivity contribution in [3.63, 3.8) is 0 Å². The molecule has 162 valence electrons. The number of nitrogens with one attached hydrogen (secondary N) is 2. The number of hydrogen-bond donors (Lipinski definition) is 2. The third-order valence-corrected chi connectivity index (χ3v) is 6.80. The first kappa shape index (κ1) is 22.3. The van der Waals surface area contributed by atoms with E-state index in [1.165, 1.54) is 25.7 Å². The normalized spacial score (nSPS) is 15.4. The molecule has 0 spiro atoms. The van der Waals surface area contributed by atoms with Gasteiger partial charge < -0.3 is 10.2 Å². The summed E-state index contributed by atoms with van der Waals surface area (Å²) in [5.74, 6) is -0.133. The van der Waals surface area contributed by atoms with Gasteiger partial charge in [0.05, 0.1) is 10.6 Å². The molecule has 1 fully saturated rings. The minimum atomic E-state index is -3.66. The lowest BCUT2D eigenvalue weighted by molar-refractivity contribution is 0.0951. The van der Waals surface area contributed by atoms with Gasteiger partial charge in [-0.2, -0.15) is 0 Å². The molecule has 0 bridgehead atoms. The lowest BCUT2D eigenvalue weighted by atomic mass is 10.1. The smallest absolute Gasteiger partial charge is 0.261 e. The first-order valence-corrected chi connectivity index (χ1v) is 12.1. The molecule has 1 saturated heterocycles. The SMILES string of the molecule is Cc1cc(C(=O)NCCCN2CCCCCC2)ccc1NS(=O)(=O)c1ccccc1. The summed E-state index contributed by atoms with van der Waals surface area (Å²) in [6.45, 7) is 5.76. The average Bonchev–Trinajstić information content (AvgIpc) is 3.02. The van der Waals surface area contributed by atoms with E-state index in [-0.39, 0.29) is 10.8 Å². The Balaban J connectivity index is 1.52. The van der Waals surface area contributed by atoms with Crippen LogP contribution in [0.5, 0.6) is 0 Å². The summed E-state index contributed by atoms with van der Waals surface area (Å²) in [6.07, 6.45) is 6.12. The van der Waals surface area contributed by atoms with Crippen LogP contribution in [0, 0.1) is 6.92 Å². The summed E-state index contributed by atoms with van der Waals surface area (Å²) in [4.78, 5) is 15.1. The third-order valence-electron chi connectivity index (χ3n) is 5.42. The summed E-state index contributed by atoms with van der Waals surface area (Å²) in [7, 11) is -3.66. The number of amides is 1. The molecule has 2 N–H and O–H groups in total. The molecule has 0 aliphatic carbocycles. The van der Waals surface area contributed by atoms with Crippen molar-refractivity contribution in [2.75, 3.05) is 30.9 Å². The van der Waals surface area contributed by atoms with Gasteiger partial charge in [-0.3, -0.25) is 9.52 Å². The van der Waals surface area contributed by atoms with E-state index in [0.29, 0.717) is 23.4 Å². The van der Waals surface area contributed by atoms with E-state index in [4.69, 9.17) is 0 Å². The van der Waals surface area contributed by atoms with Crippen LogP contribution in [0.2, 0.25) is 0 Å². The van der Waals surface area contributed by atoms with Crippen LogP contribution >= 0.6 is 0 Å². The van der Waals surface area contributed by atoms with Crippen LogP contribution in [-0.4, -0.2) is 45.4 Å². The Hall–Kier alpha value is -2.38. The quantitative estimate of drug-likeness (QED) is 0.626. The maximum Gasteiger partial charge on any atom is 0.261 e. The van der Waals surface area contributed by atoms with Gasteiger partial charge in [-0.1, -0.05) is 31.0 Å². The van der Waals surface area contributed by atoms with E-state index in [0.717, 1.165) is 26.1 Å². The van der Waals surface area contributed by atoms with Crippen molar-refractivity contribution >= 4 is 21.6 Å². The molecule has 0 atom stereocenters. The highest BCUT2D eigenvalue weighted by Gasteiger charge is 2.16. The second-order valence-electron chi connectivity index (χ2n) is 7.81. The molecular weight excluding hydrogens is 398 g/mol. The summed E-state index contributed by atoms with van der Waals surface area (Å²) in [6, 6.07) is 13.2. The van der Waals surface area contributed by atoms with Gasteiger partial charge in [0.15, 0.2) is 0 Å². The first-order chi connectivity index (χ1) is 14.5. The predicted molar refractivity (Wildman–Crippen MR) is 120 cm³/mol. The van der Waals surface area contributed by atoms with Crippen LogP contribution in [0.4, 0.5) is 5.69 Å². The number of sulfonamides is 1. The molecule has 1 aliphatic heterocycles. The minimum Gasteiger partial charge on any atom is -0.352 e. The van der Waals surface area contributed by atoms with Gasteiger partial charge in [-0.15, -0.1) is 0 Å². The number of likely N-dealkylation sites (tertiary alicyclic amines) is 1. The Bertz CT molecular complexity index is 937. The second-order valence-corrected chi connectivity index (χ2v) is 9.50. The number of benzene rings is 2. The third kappa shape index (κ3) is 6.31. The van der Waals surface area contributed by atoms with Crippen LogP contribution in [0.1, 0.15) is 48.0 Å². The molecule has 0 radical (unpaired) electrons. The molecular formula is C23H31N3O3S. The van der Waals surface area contributed by atoms with Crippen molar-refractivity contribution in [1.29, 1.82) is 0 Å². The highest BCUT2D eigenvalue weighted by atomic mass is 32.2. The Labute approximate surface area is 179 Å². The molecule has 1 amide bonds. The zero-order chi connectivity index (χ0) is 21.4. The fraction of sp³-hybridized carbons (Fsp3) is 0.435. The average molecular weight is 430 g/mol. The van der Waals surface area contributed by atoms with Crippen molar-refractivity contribution in [1.82, 2.24) is 10.2 Å².